The van der Waals surface area contributed by atoms with Gasteiger partial charge in [-0.2, -0.15) is 26.3 Å². The molecule has 0 amide bonds. The largest absolute Gasteiger partial charge is 0.429 e. The second-order valence-electron chi connectivity index (χ2n) is 9.06. The fourth-order valence-corrected chi connectivity index (χ4v) is 5.46. The first-order valence-electron chi connectivity index (χ1n) is 9.28. The maximum Gasteiger partial charge on any atom is 0.429 e. The molecule has 0 aromatic rings. The molecule has 8 heteroatoms. The monoisotopic (exact) mass is 402 g/mol. The van der Waals surface area contributed by atoms with Crippen molar-refractivity contribution < 1.29 is 36.6 Å². The first-order valence-corrected chi connectivity index (χ1v) is 9.28. The third-order valence-electron chi connectivity index (χ3n) is 6.90. The van der Waals surface area contributed by atoms with Crippen molar-refractivity contribution >= 4 is 0 Å². The predicted molar refractivity (Wildman–Crippen MR) is 88.8 cm³/mol. The lowest BCUT2D eigenvalue weighted by Gasteiger charge is -2.48. The van der Waals surface area contributed by atoms with Crippen LogP contribution in [0.2, 0.25) is 0 Å². The highest BCUT2D eigenvalue weighted by Gasteiger charge is 2.69. The molecule has 0 spiro atoms. The summed E-state index contributed by atoms with van der Waals surface area (Å²) in [4.78, 5) is 0. The Balaban J connectivity index is 2.20. The summed E-state index contributed by atoms with van der Waals surface area (Å²) < 4.78 is 76.8. The molecule has 0 heterocycles. The van der Waals surface area contributed by atoms with Crippen molar-refractivity contribution in [1.29, 1.82) is 0 Å². The molecular weight excluding hydrogens is 374 g/mol. The maximum atomic E-state index is 12.8. The highest BCUT2D eigenvalue weighted by molar-refractivity contribution is 5.12. The number of alkyl halides is 6. The van der Waals surface area contributed by atoms with Crippen LogP contribution in [0.5, 0.6) is 0 Å². The molecule has 2 fully saturated rings. The van der Waals surface area contributed by atoms with E-state index in [4.69, 9.17) is 0 Å². The Bertz CT molecular complexity index is 552. The first kappa shape index (κ1) is 22.5. The molecule has 2 rings (SSSR count). The highest BCUT2D eigenvalue weighted by atomic mass is 19.4. The molecule has 2 N–H and O–H groups in total. The molecule has 0 bridgehead atoms. The Morgan fingerprint density at radius 1 is 1.00 bits per heavy atom. The van der Waals surface area contributed by atoms with Gasteiger partial charge in [0.1, 0.15) is 0 Å². The zero-order valence-corrected chi connectivity index (χ0v) is 15.8. The van der Waals surface area contributed by atoms with Gasteiger partial charge in [0.05, 0.1) is 6.10 Å². The topological polar surface area (TPSA) is 40.5 Å². The number of allylic oxidation sites excluding steroid dienone is 1. The minimum atomic E-state index is -5.84. The highest BCUT2D eigenvalue weighted by Crippen LogP contribution is 2.61. The van der Waals surface area contributed by atoms with E-state index in [2.05, 4.69) is 6.92 Å². The zero-order valence-electron chi connectivity index (χ0n) is 15.8. The molecule has 0 saturated heterocycles. The summed E-state index contributed by atoms with van der Waals surface area (Å²) in [6, 6.07) is 0. The van der Waals surface area contributed by atoms with Gasteiger partial charge in [-0.25, -0.2) is 0 Å². The Hall–Kier alpha value is -0.760. The molecular formula is C19H28F6O2. The van der Waals surface area contributed by atoms with Crippen LogP contribution in [0.15, 0.2) is 12.2 Å². The molecule has 158 valence electrons. The lowest BCUT2D eigenvalue weighted by molar-refractivity contribution is -0.347. The fraction of sp³-hybridized carbons (Fsp3) is 0.895. The van der Waals surface area contributed by atoms with Gasteiger partial charge in [0.15, 0.2) is 0 Å². The molecule has 2 saturated carbocycles. The third-order valence-corrected chi connectivity index (χ3v) is 6.90. The second kappa shape index (κ2) is 6.94. The van der Waals surface area contributed by atoms with E-state index in [0.29, 0.717) is 0 Å². The lowest BCUT2D eigenvalue weighted by Crippen LogP contribution is -2.55. The molecule has 0 aromatic carbocycles. The number of rotatable bonds is 4. The fourth-order valence-electron chi connectivity index (χ4n) is 5.46. The Kier molecular flexibility index (Phi) is 5.79. The second-order valence-corrected chi connectivity index (χ2v) is 9.06. The van der Waals surface area contributed by atoms with E-state index in [0.717, 1.165) is 38.2 Å². The van der Waals surface area contributed by atoms with E-state index < -0.39 is 29.5 Å². The lowest BCUT2D eigenvalue weighted by atomic mass is 9.57. The van der Waals surface area contributed by atoms with Crippen molar-refractivity contribution in [3.63, 3.8) is 0 Å². The van der Waals surface area contributed by atoms with E-state index in [1.165, 1.54) is 0 Å². The summed E-state index contributed by atoms with van der Waals surface area (Å²) in [6.45, 7) is 5.73. The Labute approximate surface area is 155 Å². The molecule has 4 atom stereocenters. The summed E-state index contributed by atoms with van der Waals surface area (Å²) >= 11 is 0. The van der Waals surface area contributed by atoms with E-state index in [1.54, 1.807) is 0 Å². The van der Waals surface area contributed by atoms with Crippen LogP contribution in [-0.4, -0.2) is 34.3 Å². The normalized spacial score (nSPS) is 33.5. The SMILES string of the molecule is CC(C)(C/C=C/C(O)(C(F)(F)F)C(F)(F)F)[C@H]1CC[C@H]2[C@@H](O)CCC[C@]12C. The van der Waals surface area contributed by atoms with Crippen molar-refractivity contribution in [2.75, 3.05) is 0 Å². The number of hydrogen-bond acceptors (Lipinski definition) is 2. The van der Waals surface area contributed by atoms with Crippen molar-refractivity contribution in [2.45, 2.75) is 83.4 Å². The van der Waals surface area contributed by atoms with E-state index in [9.17, 15) is 36.6 Å². The van der Waals surface area contributed by atoms with Crippen molar-refractivity contribution in [2.24, 2.45) is 22.7 Å². The van der Waals surface area contributed by atoms with Gasteiger partial charge in [-0.3, -0.25) is 0 Å². The third kappa shape index (κ3) is 3.88. The van der Waals surface area contributed by atoms with Gasteiger partial charge in [-0.1, -0.05) is 33.3 Å². The molecule has 0 aromatic heterocycles. The van der Waals surface area contributed by atoms with E-state index in [1.807, 2.05) is 13.8 Å². The van der Waals surface area contributed by atoms with Crippen LogP contribution in [0.1, 0.15) is 59.3 Å². The quantitative estimate of drug-likeness (QED) is 0.489. The average Bonchev–Trinajstić information content (AvgIpc) is 2.84. The van der Waals surface area contributed by atoms with Crippen LogP contribution < -0.4 is 0 Å². The minimum Gasteiger partial charge on any atom is -0.393 e. The molecule has 0 unspecified atom stereocenters. The van der Waals surface area contributed by atoms with Gasteiger partial charge in [-0.15, -0.1) is 0 Å². The Morgan fingerprint density at radius 2 is 1.56 bits per heavy atom. The van der Waals surface area contributed by atoms with Gasteiger partial charge < -0.3 is 10.2 Å². The van der Waals surface area contributed by atoms with Crippen LogP contribution >= 0.6 is 0 Å². The standard InChI is InChI=1S/C19H28F6O2/c1-15(2,9-5-11-17(27,18(20,21)22)19(23,24)25)14-8-7-12-13(26)6-4-10-16(12,14)3/h5,11-14,26-27H,4,6-10H2,1-3H3/b11-5+/t12-,13-,14+,16-/m0/s1. The molecule has 2 aliphatic rings. The number of hydrogen-bond donors (Lipinski definition) is 2. The van der Waals surface area contributed by atoms with E-state index in [-0.39, 0.29) is 29.7 Å². The van der Waals surface area contributed by atoms with Crippen LogP contribution in [0, 0.1) is 22.7 Å². The summed E-state index contributed by atoms with van der Waals surface area (Å²) in [5, 5.41) is 19.5. The van der Waals surface area contributed by atoms with Gasteiger partial charge in [0.25, 0.3) is 5.60 Å². The number of halogens is 6. The van der Waals surface area contributed by atoms with Crippen LogP contribution in [0.25, 0.3) is 0 Å². The van der Waals surface area contributed by atoms with Gasteiger partial charge >= 0.3 is 12.4 Å². The molecule has 2 nitrogen and oxygen atoms in total. The predicted octanol–water partition coefficient (Wildman–Crippen LogP) is 5.39. The molecule has 0 radical (unpaired) electrons. The van der Waals surface area contributed by atoms with Crippen LogP contribution in [0.4, 0.5) is 26.3 Å². The van der Waals surface area contributed by atoms with Gasteiger partial charge in [0, 0.05) is 0 Å². The maximum absolute atomic E-state index is 12.8. The summed E-state index contributed by atoms with van der Waals surface area (Å²) in [5.41, 5.74) is -5.59. The summed E-state index contributed by atoms with van der Waals surface area (Å²) in [7, 11) is 0. The van der Waals surface area contributed by atoms with Crippen molar-refractivity contribution in [3.05, 3.63) is 12.2 Å². The molecule has 27 heavy (non-hydrogen) atoms. The summed E-state index contributed by atoms with van der Waals surface area (Å²) in [6.07, 6.45) is -7.40. The molecule has 2 aliphatic carbocycles. The Morgan fingerprint density at radius 3 is 2.07 bits per heavy atom. The average molecular weight is 402 g/mol. The van der Waals surface area contributed by atoms with Gasteiger partial charge in [0.2, 0.25) is 0 Å². The van der Waals surface area contributed by atoms with Crippen molar-refractivity contribution in [1.82, 2.24) is 0 Å². The van der Waals surface area contributed by atoms with Crippen LogP contribution in [0.3, 0.4) is 0 Å². The van der Waals surface area contributed by atoms with Crippen molar-refractivity contribution in [3.8, 4) is 0 Å². The van der Waals surface area contributed by atoms with E-state index >= 15 is 0 Å². The van der Waals surface area contributed by atoms with Gasteiger partial charge in [-0.05, 0) is 60.8 Å². The number of aliphatic hydroxyl groups is 2. The number of aliphatic hydroxyl groups excluding tert-OH is 1. The molecule has 0 aliphatic heterocycles. The number of fused-ring (bicyclic) bond motifs is 1. The summed E-state index contributed by atoms with van der Waals surface area (Å²) in [5.74, 6) is 0.182. The van der Waals surface area contributed by atoms with Crippen LogP contribution in [-0.2, 0) is 0 Å². The zero-order chi connectivity index (χ0) is 20.9. The smallest absolute Gasteiger partial charge is 0.393 e. The minimum absolute atomic E-state index is 0.0233. The first-order chi connectivity index (χ1) is 12.1.